The molecule has 4 heteroatoms. The van der Waals surface area contributed by atoms with Crippen molar-refractivity contribution in [3.05, 3.63) is 29.8 Å². The molecular weight excluding hydrogens is 252 g/mol. The summed E-state index contributed by atoms with van der Waals surface area (Å²) in [7, 11) is 1.66. The van der Waals surface area contributed by atoms with Crippen molar-refractivity contribution >= 4 is 5.91 Å². The number of hydrogen-bond acceptors (Lipinski definition) is 3. The molecule has 20 heavy (non-hydrogen) atoms. The van der Waals surface area contributed by atoms with Crippen molar-refractivity contribution in [2.45, 2.75) is 32.7 Å². The number of nitrogens with two attached hydrogens (primary N) is 1. The van der Waals surface area contributed by atoms with Crippen molar-refractivity contribution in [1.29, 1.82) is 0 Å². The molecule has 1 fully saturated rings. The van der Waals surface area contributed by atoms with Crippen molar-refractivity contribution < 1.29 is 9.53 Å². The van der Waals surface area contributed by atoms with Crippen LogP contribution in [0, 0.1) is 5.41 Å². The van der Waals surface area contributed by atoms with Gasteiger partial charge in [0, 0.05) is 24.5 Å². The molecule has 1 amide bonds. The summed E-state index contributed by atoms with van der Waals surface area (Å²) in [5, 5.41) is 0. The number of hydrogen-bond donors (Lipinski definition) is 1. The minimum atomic E-state index is -0.446. The first-order valence-corrected chi connectivity index (χ1v) is 7.11. The number of rotatable bonds is 4. The van der Waals surface area contributed by atoms with Gasteiger partial charge in [0.1, 0.15) is 5.75 Å². The van der Waals surface area contributed by atoms with Crippen LogP contribution in [-0.2, 0) is 11.2 Å². The molecule has 1 atom stereocenters. The molecule has 0 aliphatic carbocycles. The second-order valence-electron chi connectivity index (χ2n) is 6.17. The first-order valence-electron chi connectivity index (χ1n) is 7.11. The lowest BCUT2D eigenvalue weighted by molar-refractivity contribution is -0.139. The third-order valence-electron chi connectivity index (χ3n) is 3.92. The summed E-state index contributed by atoms with van der Waals surface area (Å²) < 4.78 is 5.37. The topological polar surface area (TPSA) is 55.6 Å². The third-order valence-corrected chi connectivity index (χ3v) is 3.92. The maximum atomic E-state index is 12.6. The maximum absolute atomic E-state index is 12.6. The van der Waals surface area contributed by atoms with E-state index in [2.05, 4.69) is 0 Å². The first kappa shape index (κ1) is 14.9. The smallest absolute Gasteiger partial charge is 0.228 e. The molecule has 0 saturated carbocycles. The molecule has 0 aromatic heterocycles. The van der Waals surface area contributed by atoms with E-state index in [1.54, 1.807) is 7.11 Å². The monoisotopic (exact) mass is 276 g/mol. The molecule has 1 aromatic rings. The minimum Gasteiger partial charge on any atom is -0.496 e. The van der Waals surface area contributed by atoms with Crippen LogP contribution in [-0.4, -0.2) is 37.0 Å². The quantitative estimate of drug-likeness (QED) is 0.912. The molecule has 0 spiro atoms. The normalized spacial score (nSPS) is 19.2. The van der Waals surface area contributed by atoms with E-state index in [0.717, 1.165) is 24.3 Å². The molecule has 1 heterocycles. The number of nitrogens with zero attached hydrogens (tertiary/aromatic N) is 1. The van der Waals surface area contributed by atoms with Crippen LogP contribution in [0.15, 0.2) is 24.3 Å². The van der Waals surface area contributed by atoms with Crippen LogP contribution in [0.2, 0.25) is 0 Å². The summed E-state index contributed by atoms with van der Waals surface area (Å²) in [6, 6.07) is 7.99. The molecule has 4 nitrogen and oxygen atoms in total. The highest BCUT2D eigenvalue weighted by Gasteiger charge is 2.35. The van der Waals surface area contributed by atoms with Crippen LogP contribution in [0.25, 0.3) is 0 Å². The van der Waals surface area contributed by atoms with Gasteiger partial charge in [-0.1, -0.05) is 32.0 Å². The predicted octanol–water partition coefficient (Wildman–Crippen LogP) is 1.82. The molecule has 110 valence electrons. The lowest BCUT2D eigenvalue weighted by Crippen LogP contribution is -2.41. The fourth-order valence-corrected chi connectivity index (χ4v) is 2.80. The van der Waals surface area contributed by atoms with Gasteiger partial charge in [0.2, 0.25) is 5.91 Å². The Hall–Kier alpha value is -1.55. The lowest BCUT2D eigenvalue weighted by Gasteiger charge is -2.29. The second-order valence-corrected chi connectivity index (χ2v) is 6.17. The van der Waals surface area contributed by atoms with Crippen molar-refractivity contribution in [2.24, 2.45) is 11.1 Å². The predicted molar refractivity (Wildman–Crippen MR) is 79.7 cm³/mol. The van der Waals surface area contributed by atoms with E-state index in [1.807, 2.05) is 43.0 Å². The van der Waals surface area contributed by atoms with Gasteiger partial charge in [-0.05, 0) is 24.5 Å². The zero-order valence-corrected chi connectivity index (χ0v) is 12.6. The molecule has 1 aliphatic rings. The highest BCUT2D eigenvalue weighted by molar-refractivity contribution is 5.82. The van der Waals surface area contributed by atoms with E-state index >= 15 is 0 Å². The third kappa shape index (κ3) is 3.12. The average molecular weight is 276 g/mol. The van der Waals surface area contributed by atoms with Gasteiger partial charge in [0.05, 0.1) is 7.11 Å². The van der Waals surface area contributed by atoms with Crippen LogP contribution in [0.3, 0.4) is 0 Å². The molecule has 0 unspecified atom stereocenters. The second kappa shape index (κ2) is 5.83. The van der Waals surface area contributed by atoms with Crippen LogP contribution in [0.5, 0.6) is 5.75 Å². The number of carbonyl (C=O) groups is 1. The fraction of sp³-hybridized carbons (Fsp3) is 0.562. The molecule has 1 aromatic carbocycles. The molecule has 1 saturated heterocycles. The van der Waals surface area contributed by atoms with Crippen LogP contribution in [0.1, 0.15) is 25.8 Å². The molecular formula is C16H24N2O2. The highest BCUT2D eigenvalue weighted by Crippen LogP contribution is 2.30. The van der Waals surface area contributed by atoms with Crippen LogP contribution < -0.4 is 10.5 Å². The Balaban J connectivity index is 2.12. The standard InChI is InChI=1S/C16H24N2O2/c1-16(2,15(19)18-9-8-13(17)11-18)10-12-6-4-5-7-14(12)20-3/h4-7,13H,8-11,17H2,1-3H3/t13-/m1/s1. The van der Waals surface area contributed by atoms with E-state index in [-0.39, 0.29) is 11.9 Å². The van der Waals surface area contributed by atoms with Gasteiger partial charge in [0.25, 0.3) is 0 Å². The Bertz CT molecular complexity index is 485. The SMILES string of the molecule is COc1ccccc1CC(C)(C)C(=O)N1CC[C@@H](N)C1. The van der Waals surface area contributed by atoms with Crippen molar-refractivity contribution in [3.8, 4) is 5.75 Å². The zero-order chi connectivity index (χ0) is 14.8. The maximum Gasteiger partial charge on any atom is 0.228 e. The molecule has 1 aliphatic heterocycles. The summed E-state index contributed by atoms with van der Waals surface area (Å²) in [5.74, 6) is 1.02. The largest absolute Gasteiger partial charge is 0.496 e. The number of para-hydroxylation sites is 1. The summed E-state index contributed by atoms with van der Waals surface area (Å²) >= 11 is 0. The summed E-state index contributed by atoms with van der Waals surface area (Å²) in [5.41, 5.74) is 6.51. The van der Waals surface area contributed by atoms with Crippen LogP contribution in [0.4, 0.5) is 0 Å². The Kier molecular flexibility index (Phi) is 4.33. The Labute approximate surface area is 120 Å². The summed E-state index contributed by atoms with van der Waals surface area (Å²) in [6.07, 6.45) is 1.57. The van der Waals surface area contributed by atoms with E-state index in [1.165, 1.54) is 0 Å². The Morgan fingerprint density at radius 1 is 1.45 bits per heavy atom. The number of ether oxygens (including phenoxy) is 1. The van der Waals surface area contributed by atoms with Crippen molar-refractivity contribution in [3.63, 3.8) is 0 Å². The average Bonchev–Trinajstić information content (AvgIpc) is 2.84. The highest BCUT2D eigenvalue weighted by atomic mass is 16.5. The van der Waals surface area contributed by atoms with Gasteiger partial charge >= 0.3 is 0 Å². The molecule has 2 N–H and O–H groups in total. The number of amides is 1. The Morgan fingerprint density at radius 3 is 2.75 bits per heavy atom. The molecule has 0 bridgehead atoms. The van der Waals surface area contributed by atoms with Gasteiger partial charge in [-0.25, -0.2) is 0 Å². The first-order chi connectivity index (χ1) is 9.44. The zero-order valence-electron chi connectivity index (χ0n) is 12.6. The van der Waals surface area contributed by atoms with Crippen LogP contribution >= 0.6 is 0 Å². The van der Waals surface area contributed by atoms with Gasteiger partial charge in [0.15, 0.2) is 0 Å². The summed E-state index contributed by atoms with van der Waals surface area (Å²) in [4.78, 5) is 14.5. The lowest BCUT2D eigenvalue weighted by atomic mass is 9.84. The van der Waals surface area contributed by atoms with E-state index in [4.69, 9.17) is 10.5 Å². The van der Waals surface area contributed by atoms with Gasteiger partial charge < -0.3 is 15.4 Å². The van der Waals surface area contributed by atoms with E-state index < -0.39 is 5.41 Å². The van der Waals surface area contributed by atoms with E-state index in [0.29, 0.717) is 13.0 Å². The number of methoxy groups -OCH3 is 1. The van der Waals surface area contributed by atoms with Gasteiger partial charge in [-0.15, -0.1) is 0 Å². The van der Waals surface area contributed by atoms with Gasteiger partial charge in [-0.2, -0.15) is 0 Å². The van der Waals surface area contributed by atoms with E-state index in [9.17, 15) is 4.79 Å². The number of benzene rings is 1. The Morgan fingerprint density at radius 2 is 2.15 bits per heavy atom. The molecule has 0 radical (unpaired) electrons. The number of carbonyl (C=O) groups excluding carboxylic acids is 1. The van der Waals surface area contributed by atoms with Crippen molar-refractivity contribution in [2.75, 3.05) is 20.2 Å². The number of likely N-dealkylation sites (tertiary alicyclic amines) is 1. The summed E-state index contributed by atoms with van der Waals surface area (Å²) in [6.45, 7) is 5.43. The van der Waals surface area contributed by atoms with Crippen molar-refractivity contribution in [1.82, 2.24) is 4.90 Å². The fourth-order valence-electron chi connectivity index (χ4n) is 2.80. The van der Waals surface area contributed by atoms with Gasteiger partial charge in [-0.3, -0.25) is 4.79 Å². The minimum absolute atomic E-state index is 0.126. The molecule has 2 rings (SSSR count).